The molecule has 0 bridgehead atoms. The minimum Gasteiger partial charge on any atom is -0.495 e. The van der Waals surface area contributed by atoms with E-state index in [-0.39, 0.29) is 24.8 Å². The molecule has 46 heavy (non-hydrogen) atoms. The fourth-order valence-corrected chi connectivity index (χ4v) is 8.57. The standard InChI is InChI=1S/C36H53N5O5/c1-46-32-8-7-30(24-31(32)41-22-15-33(42)37-36(41)45)35(44)40-18-11-27(12-19-40)23-26-9-16-38(17-10-26)25-28-13-20-39(21-14-28)34(43)29-5-3-2-4-6-29/h7-8,24,26-29H,2-6,9-23,25H2,1H3,(H,37,42,45). The Kier molecular flexibility index (Phi) is 10.8. The van der Waals surface area contributed by atoms with Gasteiger partial charge in [-0.2, -0.15) is 0 Å². The second-order valence-electron chi connectivity index (χ2n) is 14.5. The summed E-state index contributed by atoms with van der Waals surface area (Å²) in [6, 6.07) is 4.72. The van der Waals surface area contributed by atoms with Crippen molar-refractivity contribution in [3.05, 3.63) is 23.8 Å². The number of nitrogens with one attached hydrogen (secondary N) is 1. The summed E-state index contributed by atoms with van der Waals surface area (Å²) >= 11 is 0. The molecule has 1 saturated carbocycles. The molecule has 252 valence electrons. The van der Waals surface area contributed by atoms with Crippen LogP contribution in [0, 0.1) is 23.7 Å². The SMILES string of the molecule is COc1ccc(C(=O)N2CCC(CC3CCN(CC4CCN(C(=O)C5CCCCC5)CC4)CC3)CC2)cc1N1CCC(=O)NC1=O. The number of hydrogen-bond acceptors (Lipinski definition) is 6. The maximum atomic E-state index is 13.5. The molecule has 0 atom stereocenters. The number of anilines is 1. The molecule has 0 aromatic heterocycles. The van der Waals surface area contributed by atoms with Gasteiger partial charge in [-0.1, -0.05) is 19.3 Å². The van der Waals surface area contributed by atoms with E-state index in [9.17, 15) is 19.2 Å². The topological polar surface area (TPSA) is 102 Å². The van der Waals surface area contributed by atoms with Gasteiger partial charge in [-0.15, -0.1) is 0 Å². The molecule has 5 aliphatic rings. The Hall–Kier alpha value is -3.14. The first-order valence-electron chi connectivity index (χ1n) is 18.0. The number of nitrogens with zero attached hydrogens (tertiary/aromatic N) is 4. The normalized spacial score (nSPS) is 23.5. The molecule has 5 amide bonds. The third-order valence-corrected chi connectivity index (χ3v) is 11.4. The van der Waals surface area contributed by atoms with E-state index in [2.05, 4.69) is 15.1 Å². The molecule has 6 rings (SSSR count). The van der Waals surface area contributed by atoms with E-state index in [0.717, 1.165) is 76.5 Å². The van der Waals surface area contributed by atoms with Crippen LogP contribution >= 0.6 is 0 Å². The number of imide groups is 1. The number of piperidine rings is 3. The molecule has 1 aliphatic carbocycles. The lowest BCUT2D eigenvalue weighted by Gasteiger charge is -2.40. The van der Waals surface area contributed by atoms with Gasteiger partial charge in [-0.05, 0) is 107 Å². The average molecular weight is 636 g/mol. The van der Waals surface area contributed by atoms with Crippen LogP contribution in [0.5, 0.6) is 5.75 Å². The van der Waals surface area contributed by atoms with Gasteiger partial charge in [0.2, 0.25) is 11.8 Å². The van der Waals surface area contributed by atoms with Crippen LogP contribution in [0.3, 0.4) is 0 Å². The van der Waals surface area contributed by atoms with Gasteiger partial charge >= 0.3 is 6.03 Å². The van der Waals surface area contributed by atoms with Gasteiger partial charge in [0, 0.05) is 57.2 Å². The lowest BCUT2D eigenvalue weighted by atomic mass is 9.82. The minimum atomic E-state index is -0.492. The molecule has 10 heteroatoms. The first-order chi connectivity index (χ1) is 22.4. The second-order valence-corrected chi connectivity index (χ2v) is 14.5. The summed E-state index contributed by atoms with van der Waals surface area (Å²) in [5, 5.41) is 2.35. The monoisotopic (exact) mass is 635 g/mol. The molecule has 5 fully saturated rings. The molecule has 4 saturated heterocycles. The summed E-state index contributed by atoms with van der Waals surface area (Å²) in [5.41, 5.74) is 1.04. The Balaban J connectivity index is 0.907. The molecule has 4 heterocycles. The highest BCUT2D eigenvalue weighted by molar-refractivity contribution is 6.07. The van der Waals surface area contributed by atoms with Crippen molar-refractivity contribution >= 4 is 29.4 Å². The Morgan fingerprint density at radius 2 is 1.41 bits per heavy atom. The maximum absolute atomic E-state index is 13.5. The average Bonchev–Trinajstić information content (AvgIpc) is 3.09. The number of carbonyl (C=O) groups is 4. The summed E-state index contributed by atoms with van der Waals surface area (Å²) in [6.45, 7) is 7.23. The zero-order valence-corrected chi connectivity index (χ0v) is 27.7. The molecule has 10 nitrogen and oxygen atoms in total. The number of amides is 5. The van der Waals surface area contributed by atoms with Crippen molar-refractivity contribution in [2.24, 2.45) is 23.7 Å². The summed E-state index contributed by atoms with van der Waals surface area (Å²) in [4.78, 5) is 58.8. The van der Waals surface area contributed by atoms with Crippen molar-refractivity contribution in [2.45, 2.75) is 83.5 Å². The number of methoxy groups -OCH3 is 1. The van der Waals surface area contributed by atoms with Gasteiger partial charge in [-0.25, -0.2) is 4.79 Å². The van der Waals surface area contributed by atoms with Crippen molar-refractivity contribution in [2.75, 3.05) is 64.4 Å². The fraction of sp³-hybridized carbons (Fsp3) is 0.722. The van der Waals surface area contributed by atoms with Crippen LogP contribution in [0.15, 0.2) is 18.2 Å². The van der Waals surface area contributed by atoms with Crippen molar-refractivity contribution < 1.29 is 23.9 Å². The molecular weight excluding hydrogens is 582 g/mol. The van der Waals surface area contributed by atoms with E-state index in [1.54, 1.807) is 18.2 Å². The Labute approximate surface area is 274 Å². The van der Waals surface area contributed by atoms with Crippen molar-refractivity contribution in [3.8, 4) is 5.75 Å². The van der Waals surface area contributed by atoms with E-state index >= 15 is 0 Å². The highest BCUT2D eigenvalue weighted by atomic mass is 16.5. The van der Waals surface area contributed by atoms with Crippen molar-refractivity contribution in [1.82, 2.24) is 20.0 Å². The number of benzene rings is 1. The summed E-state index contributed by atoms with van der Waals surface area (Å²) in [5.74, 6) is 3.06. The maximum Gasteiger partial charge on any atom is 0.328 e. The zero-order valence-electron chi connectivity index (χ0n) is 27.7. The molecule has 0 unspecified atom stereocenters. The van der Waals surface area contributed by atoms with Crippen LogP contribution < -0.4 is 15.0 Å². The van der Waals surface area contributed by atoms with Gasteiger partial charge in [0.1, 0.15) is 5.75 Å². The minimum absolute atomic E-state index is 0.0201. The first-order valence-corrected chi connectivity index (χ1v) is 18.0. The number of carbonyl (C=O) groups excluding carboxylic acids is 4. The Morgan fingerprint density at radius 1 is 0.783 bits per heavy atom. The van der Waals surface area contributed by atoms with Crippen LogP contribution in [0.25, 0.3) is 0 Å². The van der Waals surface area contributed by atoms with Crippen molar-refractivity contribution in [1.29, 1.82) is 0 Å². The number of ether oxygens (including phenoxy) is 1. The van der Waals surface area contributed by atoms with Crippen LogP contribution in [-0.2, 0) is 9.59 Å². The van der Waals surface area contributed by atoms with Crippen LogP contribution in [0.2, 0.25) is 0 Å². The third-order valence-electron chi connectivity index (χ3n) is 11.4. The highest BCUT2D eigenvalue weighted by Gasteiger charge is 2.32. The number of urea groups is 1. The van der Waals surface area contributed by atoms with E-state index < -0.39 is 6.03 Å². The predicted molar refractivity (Wildman–Crippen MR) is 177 cm³/mol. The number of hydrogen-bond donors (Lipinski definition) is 1. The number of rotatable bonds is 8. The molecule has 1 aromatic rings. The molecule has 4 aliphatic heterocycles. The van der Waals surface area contributed by atoms with Crippen LogP contribution in [0.1, 0.15) is 93.8 Å². The highest BCUT2D eigenvalue weighted by Crippen LogP contribution is 2.34. The second kappa shape index (κ2) is 15.2. The number of likely N-dealkylation sites (tertiary alicyclic amines) is 3. The lowest BCUT2D eigenvalue weighted by Crippen LogP contribution is -2.49. The summed E-state index contributed by atoms with van der Waals surface area (Å²) in [6.07, 6.45) is 14.3. The van der Waals surface area contributed by atoms with E-state index in [4.69, 9.17) is 4.74 Å². The van der Waals surface area contributed by atoms with Gasteiger partial charge in [0.25, 0.3) is 5.91 Å². The fourth-order valence-electron chi connectivity index (χ4n) is 8.57. The van der Waals surface area contributed by atoms with E-state index in [0.29, 0.717) is 34.7 Å². The Bertz CT molecular complexity index is 1240. The molecule has 1 aromatic carbocycles. The third kappa shape index (κ3) is 7.86. The van der Waals surface area contributed by atoms with Gasteiger partial charge < -0.3 is 19.4 Å². The van der Waals surface area contributed by atoms with E-state index in [1.165, 1.54) is 70.2 Å². The zero-order chi connectivity index (χ0) is 32.0. The van der Waals surface area contributed by atoms with Crippen LogP contribution in [0.4, 0.5) is 10.5 Å². The quantitative estimate of drug-likeness (QED) is 0.436. The molecular formula is C36H53N5O5. The van der Waals surface area contributed by atoms with Gasteiger partial charge in [0.05, 0.1) is 12.8 Å². The largest absolute Gasteiger partial charge is 0.495 e. The van der Waals surface area contributed by atoms with Gasteiger partial charge in [0.15, 0.2) is 0 Å². The van der Waals surface area contributed by atoms with E-state index in [1.807, 2.05) is 4.90 Å². The van der Waals surface area contributed by atoms with Gasteiger partial charge in [-0.3, -0.25) is 24.6 Å². The van der Waals surface area contributed by atoms with Crippen molar-refractivity contribution in [3.63, 3.8) is 0 Å². The smallest absolute Gasteiger partial charge is 0.328 e. The summed E-state index contributed by atoms with van der Waals surface area (Å²) < 4.78 is 5.47. The molecule has 0 radical (unpaired) electrons. The summed E-state index contributed by atoms with van der Waals surface area (Å²) in [7, 11) is 1.54. The Morgan fingerprint density at radius 3 is 2.07 bits per heavy atom. The first kappa shape index (κ1) is 32.8. The molecule has 1 N–H and O–H groups in total. The van der Waals surface area contributed by atoms with Crippen LogP contribution in [-0.4, -0.2) is 97.9 Å². The molecule has 0 spiro atoms. The lowest BCUT2D eigenvalue weighted by molar-refractivity contribution is -0.138. The predicted octanol–water partition coefficient (Wildman–Crippen LogP) is 4.91.